The van der Waals surface area contributed by atoms with Crippen molar-refractivity contribution in [2.75, 3.05) is 5.73 Å². The molecule has 3 rings (SSSR count). The van der Waals surface area contributed by atoms with Crippen LogP contribution in [0.5, 0.6) is 0 Å². The predicted molar refractivity (Wildman–Crippen MR) is 71.4 cm³/mol. The molecule has 2 N–H and O–H groups in total. The molecule has 1 aromatic heterocycles. The van der Waals surface area contributed by atoms with Gasteiger partial charge in [0.15, 0.2) is 5.82 Å². The van der Waals surface area contributed by atoms with E-state index in [-0.39, 0.29) is 0 Å². The van der Waals surface area contributed by atoms with Gasteiger partial charge in [-0.05, 0) is 32.3 Å². The molecule has 1 saturated carbocycles. The minimum Gasteiger partial charge on any atom is -0.381 e. The number of aromatic nitrogens is 3. The van der Waals surface area contributed by atoms with Crippen LogP contribution in [-0.4, -0.2) is 15.0 Å². The number of nitrogen functional groups attached to an aromatic ring is 1. The van der Waals surface area contributed by atoms with Gasteiger partial charge in [0, 0.05) is 5.92 Å². The first-order chi connectivity index (χ1) is 8.63. The van der Waals surface area contributed by atoms with Crippen LogP contribution in [0.15, 0.2) is 18.2 Å². The van der Waals surface area contributed by atoms with Crippen LogP contribution < -0.4 is 5.73 Å². The first-order valence-corrected chi connectivity index (χ1v) is 6.39. The van der Waals surface area contributed by atoms with Gasteiger partial charge in [-0.3, -0.25) is 0 Å². The maximum Gasteiger partial charge on any atom is 0.169 e. The largest absolute Gasteiger partial charge is 0.381 e. The Hall–Kier alpha value is -1.84. The van der Waals surface area contributed by atoms with Crippen molar-refractivity contribution in [3.05, 3.63) is 40.6 Å². The lowest BCUT2D eigenvalue weighted by Crippen LogP contribution is -2.07. The lowest BCUT2D eigenvalue weighted by atomic mass is 10.1. The molecule has 0 radical (unpaired) electrons. The molecule has 4 nitrogen and oxygen atoms in total. The van der Waals surface area contributed by atoms with Crippen molar-refractivity contribution in [2.45, 2.75) is 39.2 Å². The number of nitrogens with zero attached hydrogens (tertiary/aromatic N) is 3. The van der Waals surface area contributed by atoms with Crippen molar-refractivity contribution < 1.29 is 0 Å². The van der Waals surface area contributed by atoms with Gasteiger partial charge in [0.2, 0.25) is 0 Å². The Bertz CT molecular complexity index is 561. The number of hydrogen-bond acceptors (Lipinski definition) is 3. The van der Waals surface area contributed by atoms with Crippen LogP contribution >= 0.6 is 0 Å². The Kier molecular flexibility index (Phi) is 2.58. The van der Waals surface area contributed by atoms with Gasteiger partial charge in [-0.25, -0.2) is 4.68 Å². The van der Waals surface area contributed by atoms with Crippen LogP contribution in [0.3, 0.4) is 0 Å². The van der Waals surface area contributed by atoms with Crippen LogP contribution in [0.25, 0.3) is 0 Å². The number of rotatable bonds is 3. The van der Waals surface area contributed by atoms with E-state index in [2.05, 4.69) is 42.4 Å². The van der Waals surface area contributed by atoms with E-state index in [1.165, 1.54) is 29.5 Å². The summed E-state index contributed by atoms with van der Waals surface area (Å²) in [5.74, 6) is 1.17. The molecule has 1 fully saturated rings. The highest BCUT2D eigenvalue weighted by Crippen LogP contribution is 2.42. The molecule has 0 amide bonds. The van der Waals surface area contributed by atoms with E-state index >= 15 is 0 Å². The van der Waals surface area contributed by atoms with Gasteiger partial charge >= 0.3 is 0 Å². The molecule has 2 aromatic rings. The van der Waals surface area contributed by atoms with Crippen LogP contribution in [0.2, 0.25) is 0 Å². The van der Waals surface area contributed by atoms with Crippen molar-refractivity contribution in [1.82, 2.24) is 15.0 Å². The quantitative estimate of drug-likeness (QED) is 0.899. The predicted octanol–water partition coefficient (Wildman–Crippen LogP) is 2.40. The second kappa shape index (κ2) is 4.12. The highest BCUT2D eigenvalue weighted by molar-refractivity contribution is 5.39. The van der Waals surface area contributed by atoms with Crippen LogP contribution in [0, 0.1) is 13.8 Å². The maximum atomic E-state index is 5.90. The van der Waals surface area contributed by atoms with E-state index in [0.29, 0.717) is 11.7 Å². The van der Waals surface area contributed by atoms with Crippen LogP contribution in [-0.2, 0) is 6.54 Å². The molecule has 0 bridgehead atoms. The fourth-order valence-corrected chi connectivity index (χ4v) is 2.56. The highest BCUT2D eigenvalue weighted by atomic mass is 15.4. The zero-order valence-corrected chi connectivity index (χ0v) is 10.8. The van der Waals surface area contributed by atoms with Gasteiger partial charge in [-0.2, -0.15) is 0 Å². The van der Waals surface area contributed by atoms with E-state index in [0.717, 1.165) is 12.2 Å². The number of anilines is 1. The second-order valence-electron chi connectivity index (χ2n) is 5.29. The summed E-state index contributed by atoms with van der Waals surface area (Å²) in [5.41, 5.74) is 10.9. The van der Waals surface area contributed by atoms with Crippen molar-refractivity contribution in [1.29, 1.82) is 0 Å². The smallest absolute Gasteiger partial charge is 0.169 e. The van der Waals surface area contributed by atoms with Crippen molar-refractivity contribution in [3.8, 4) is 0 Å². The van der Waals surface area contributed by atoms with Gasteiger partial charge in [0.05, 0.1) is 12.2 Å². The summed E-state index contributed by atoms with van der Waals surface area (Å²) in [4.78, 5) is 0. The molecule has 0 atom stereocenters. The van der Waals surface area contributed by atoms with Crippen LogP contribution in [0.4, 0.5) is 5.82 Å². The lowest BCUT2D eigenvalue weighted by molar-refractivity contribution is 0.619. The minimum atomic E-state index is 0.575. The number of benzene rings is 1. The molecular formula is C14H18N4. The van der Waals surface area contributed by atoms with Crippen molar-refractivity contribution in [3.63, 3.8) is 0 Å². The molecule has 1 aromatic carbocycles. The Morgan fingerprint density at radius 3 is 2.50 bits per heavy atom. The Labute approximate surface area is 107 Å². The SMILES string of the molecule is Cc1cc(C)cc(Cn2nnc(N)c2C2CC2)c1. The van der Waals surface area contributed by atoms with E-state index in [1.807, 2.05) is 4.68 Å². The summed E-state index contributed by atoms with van der Waals surface area (Å²) in [6, 6.07) is 6.57. The second-order valence-corrected chi connectivity index (χ2v) is 5.29. The van der Waals surface area contributed by atoms with E-state index in [9.17, 15) is 0 Å². The van der Waals surface area contributed by atoms with E-state index < -0.39 is 0 Å². The molecule has 1 heterocycles. The molecular weight excluding hydrogens is 224 g/mol. The Balaban J connectivity index is 1.92. The van der Waals surface area contributed by atoms with Crippen LogP contribution in [0.1, 0.15) is 41.1 Å². The Morgan fingerprint density at radius 2 is 1.89 bits per heavy atom. The summed E-state index contributed by atoms with van der Waals surface area (Å²) < 4.78 is 1.96. The van der Waals surface area contributed by atoms with E-state index in [4.69, 9.17) is 5.73 Å². The summed E-state index contributed by atoms with van der Waals surface area (Å²) in [7, 11) is 0. The summed E-state index contributed by atoms with van der Waals surface area (Å²) >= 11 is 0. The number of hydrogen-bond donors (Lipinski definition) is 1. The molecule has 0 aliphatic heterocycles. The average Bonchev–Trinajstić information content (AvgIpc) is 3.04. The van der Waals surface area contributed by atoms with Gasteiger partial charge < -0.3 is 5.73 Å². The molecule has 0 unspecified atom stereocenters. The molecule has 94 valence electrons. The zero-order chi connectivity index (χ0) is 12.7. The maximum absolute atomic E-state index is 5.90. The minimum absolute atomic E-state index is 0.575. The highest BCUT2D eigenvalue weighted by Gasteiger charge is 2.30. The number of aryl methyl sites for hydroxylation is 2. The van der Waals surface area contributed by atoms with Gasteiger partial charge in [0.1, 0.15) is 0 Å². The summed E-state index contributed by atoms with van der Waals surface area (Å²) in [6.07, 6.45) is 2.43. The van der Waals surface area contributed by atoms with Gasteiger partial charge in [-0.15, -0.1) is 5.10 Å². The number of nitrogens with two attached hydrogens (primary N) is 1. The topological polar surface area (TPSA) is 56.7 Å². The molecule has 1 aliphatic carbocycles. The molecule has 4 heteroatoms. The monoisotopic (exact) mass is 242 g/mol. The molecule has 0 spiro atoms. The first-order valence-electron chi connectivity index (χ1n) is 6.39. The lowest BCUT2D eigenvalue weighted by Gasteiger charge is -2.08. The third-order valence-corrected chi connectivity index (χ3v) is 3.38. The van der Waals surface area contributed by atoms with Gasteiger partial charge in [0.25, 0.3) is 0 Å². The third-order valence-electron chi connectivity index (χ3n) is 3.38. The van der Waals surface area contributed by atoms with E-state index in [1.54, 1.807) is 0 Å². The fraction of sp³-hybridized carbons (Fsp3) is 0.429. The van der Waals surface area contributed by atoms with Crippen molar-refractivity contribution in [2.24, 2.45) is 0 Å². The van der Waals surface area contributed by atoms with Crippen molar-refractivity contribution >= 4 is 5.82 Å². The summed E-state index contributed by atoms with van der Waals surface area (Å²) in [5, 5.41) is 8.18. The first kappa shape index (κ1) is 11.3. The zero-order valence-electron chi connectivity index (χ0n) is 10.8. The Morgan fingerprint density at radius 1 is 1.22 bits per heavy atom. The third kappa shape index (κ3) is 2.10. The normalized spacial score (nSPS) is 15.0. The standard InChI is InChI=1S/C14H18N4/c1-9-5-10(2)7-11(6-9)8-18-13(12-3-4-12)14(15)16-17-18/h5-7,12H,3-4,8,15H2,1-2H3. The summed E-state index contributed by atoms with van der Waals surface area (Å²) in [6.45, 7) is 5.00. The molecule has 1 aliphatic rings. The van der Waals surface area contributed by atoms with Gasteiger partial charge in [-0.1, -0.05) is 34.5 Å². The molecule has 18 heavy (non-hydrogen) atoms. The average molecular weight is 242 g/mol. The molecule has 0 saturated heterocycles. The fourth-order valence-electron chi connectivity index (χ4n) is 2.56.